The van der Waals surface area contributed by atoms with Crippen molar-refractivity contribution >= 4 is 17.2 Å². The molecule has 0 saturated carbocycles. The van der Waals surface area contributed by atoms with Gasteiger partial charge in [0.1, 0.15) is 0 Å². The summed E-state index contributed by atoms with van der Waals surface area (Å²) in [5.74, 6) is 0.163. The van der Waals surface area contributed by atoms with Gasteiger partial charge in [-0.1, -0.05) is 36.4 Å². The van der Waals surface area contributed by atoms with Crippen LogP contribution in [0.4, 0.5) is 0 Å². The van der Waals surface area contributed by atoms with E-state index in [1.54, 1.807) is 11.3 Å². The highest BCUT2D eigenvalue weighted by Crippen LogP contribution is 2.12. The van der Waals surface area contributed by atoms with Gasteiger partial charge >= 0.3 is 0 Å². The van der Waals surface area contributed by atoms with Crippen molar-refractivity contribution in [3.05, 3.63) is 58.3 Å². The number of hydrogen-bond acceptors (Lipinski definition) is 4. The number of nitrogens with zero attached hydrogens (tertiary/aromatic N) is 1. The van der Waals surface area contributed by atoms with Gasteiger partial charge in [-0.3, -0.25) is 9.69 Å². The first-order valence-electron chi connectivity index (χ1n) is 9.45. The molecule has 0 spiro atoms. The fourth-order valence-electron chi connectivity index (χ4n) is 3.33. The third-order valence-electron chi connectivity index (χ3n) is 4.68. The summed E-state index contributed by atoms with van der Waals surface area (Å²) in [6, 6.07) is 14.8. The van der Waals surface area contributed by atoms with Gasteiger partial charge in [0.2, 0.25) is 5.91 Å². The van der Waals surface area contributed by atoms with Crippen LogP contribution in [0.5, 0.6) is 0 Å². The molecule has 140 valence electrons. The third kappa shape index (κ3) is 6.56. The molecule has 1 N–H and O–H groups in total. The van der Waals surface area contributed by atoms with Crippen LogP contribution in [0, 0.1) is 0 Å². The molecule has 2 aromatic rings. The van der Waals surface area contributed by atoms with E-state index in [1.165, 1.54) is 10.4 Å². The predicted octanol–water partition coefficient (Wildman–Crippen LogP) is 3.13. The van der Waals surface area contributed by atoms with Crippen molar-refractivity contribution in [2.24, 2.45) is 0 Å². The fraction of sp³-hybridized carbons (Fsp3) is 0.476. The molecule has 0 bridgehead atoms. The first-order chi connectivity index (χ1) is 12.8. The van der Waals surface area contributed by atoms with Gasteiger partial charge in [0.15, 0.2) is 0 Å². The van der Waals surface area contributed by atoms with Gasteiger partial charge in [-0.25, -0.2) is 0 Å². The lowest BCUT2D eigenvalue weighted by Gasteiger charge is -2.31. The van der Waals surface area contributed by atoms with E-state index in [0.29, 0.717) is 6.42 Å². The number of nitrogens with one attached hydrogen (secondary N) is 1. The molecule has 1 aromatic carbocycles. The summed E-state index contributed by atoms with van der Waals surface area (Å²) in [6.45, 7) is 4.34. The maximum Gasteiger partial charge on any atom is 0.220 e. The SMILES string of the molecule is O=C(CCCc1cccs1)NC(Cc1ccccc1)CN1CCOCC1. The minimum Gasteiger partial charge on any atom is -0.379 e. The zero-order valence-corrected chi connectivity index (χ0v) is 16.0. The zero-order chi connectivity index (χ0) is 18.0. The lowest BCUT2D eigenvalue weighted by atomic mass is 10.0. The summed E-state index contributed by atoms with van der Waals surface area (Å²) in [5.41, 5.74) is 1.27. The van der Waals surface area contributed by atoms with Gasteiger partial charge < -0.3 is 10.1 Å². The Balaban J connectivity index is 1.50. The Kier molecular flexibility index (Phi) is 7.67. The molecule has 1 aliphatic rings. The average molecular weight is 373 g/mol. The van der Waals surface area contributed by atoms with Crippen LogP contribution in [0.3, 0.4) is 0 Å². The van der Waals surface area contributed by atoms with Gasteiger partial charge in [0.25, 0.3) is 0 Å². The van der Waals surface area contributed by atoms with Crippen LogP contribution in [-0.4, -0.2) is 49.7 Å². The molecule has 2 heterocycles. The van der Waals surface area contributed by atoms with E-state index >= 15 is 0 Å². The molecule has 1 amide bonds. The Bertz CT molecular complexity index is 639. The number of aryl methyl sites for hydroxylation is 1. The van der Waals surface area contributed by atoms with Gasteiger partial charge in [0.05, 0.1) is 13.2 Å². The third-order valence-corrected chi connectivity index (χ3v) is 5.62. The molecule has 1 aliphatic heterocycles. The van der Waals surface area contributed by atoms with Crippen molar-refractivity contribution in [2.75, 3.05) is 32.8 Å². The molecule has 5 heteroatoms. The summed E-state index contributed by atoms with van der Waals surface area (Å²) in [6.07, 6.45) is 3.35. The Hall–Kier alpha value is -1.69. The van der Waals surface area contributed by atoms with E-state index in [4.69, 9.17) is 4.74 Å². The van der Waals surface area contributed by atoms with Crippen molar-refractivity contribution in [1.82, 2.24) is 10.2 Å². The number of ether oxygens (including phenoxy) is 1. The highest BCUT2D eigenvalue weighted by molar-refractivity contribution is 7.09. The Morgan fingerprint density at radius 3 is 2.69 bits per heavy atom. The van der Waals surface area contributed by atoms with E-state index in [2.05, 4.69) is 52.0 Å². The van der Waals surface area contributed by atoms with Crippen molar-refractivity contribution in [1.29, 1.82) is 0 Å². The van der Waals surface area contributed by atoms with Crippen LogP contribution in [0.1, 0.15) is 23.3 Å². The summed E-state index contributed by atoms with van der Waals surface area (Å²) < 4.78 is 5.44. The highest BCUT2D eigenvalue weighted by Gasteiger charge is 2.19. The Morgan fingerprint density at radius 1 is 1.15 bits per heavy atom. The van der Waals surface area contributed by atoms with E-state index in [1.807, 2.05) is 6.07 Å². The fourth-order valence-corrected chi connectivity index (χ4v) is 4.08. The molecule has 1 unspecified atom stereocenters. The first kappa shape index (κ1) is 19.1. The molecule has 1 aromatic heterocycles. The average Bonchev–Trinajstić information content (AvgIpc) is 3.17. The van der Waals surface area contributed by atoms with E-state index < -0.39 is 0 Å². The first-order valence-corrected chi connectivity index (χ1v) is 10.3. The molecule has 1 atom stereocenters. The normalized spacial score (nSPS) is 16.3. The number of hydrogen-bond donors (Lipinski definition) is 1. The predicted molar refractivity (Wildman–Crippen MR) is 107 cm³/mol. The van der Waals surface area contributed by atoms with Crippen molar-refractivity contribution in [2.45, 2.75) is 31.7 Å². The zero-order valence-electron chi connectivity index (χ0n) is 15.2. The number of thiophene rings is 1. The molecular formula is C21H28N2O2S. The van der Waals surface area contributed by atoms with Crippen LogP contribution in [0.15, 0.2) is 47.8 Å². The highest BCUT2D eigenvalue weighted by atomic mass is 32.1. The van der Waals surface area contributed by atoms with Gasteiger partial charge in [-0.2, -0.15) is 0 Å². The number of rotatable bonds is 9. The maximum absolute atomic E-state index is 12.5. The smallest absolute Gasteiger partial charge is 0.220 e. The molecule has 1 saturated heterocycles. The van der Waals surface area contributed by atoms with Crippen LogP contribution in [-0.2, 0) is 22.4 Å². The molecule has 0 aliphatic carbocycles. The minimum absolute atomic E-state index is 0.143. The van der Waals surface area contributed by atoms with E-state index in [9.17, 15) is 4.79 Å². The quantitative estimate of drug-likeness (QED) is 0.735. The summed E-state index contributed by atoms with van der Waals surface area (Å²) in [7, 11) is 0. The summed E-state index contributed by atoms with van der Waals surface area (Å²) in [5, 5.41) is 5.37. The Labute approximate surface area is 160 Å². The van der Waals surface area contributed by atoms with Crippen molar-refractivity contribution in [3.8, 4) is 0 Å². The van der Waals surface area contributed by atoms with Gasteiger partial charge in [-0.15, -0.1) is 11.3 Å². The lowest BCUT2D eigenvalue weighted by Crippen LogP contribution is -2.48. The standard InChI is InChI=1S/C21H28N2O2S/c24-21(10-4-8-20-9-5-15-26-20)22-19(16-18-6-2-1-3-7-18)17-23-11-13-25-14-12-23/h1-3,5-7,9,15,19H,4,8,10-14,16-17H2,(H,22,24). The second kappa shape index (κ2) is 10.5. The molecule has 0 radical (unpaired) electrons. The molecular weight excluding hydrogens is 344 g/mol. The molecule has 3 rings (SSSR count). The summed E-state index contributed by atoms with van der Waals surface area (Å²) >= 11 is 1.76. The van der Waals surface area contributed by atoms with Gasteiger partial charge in [-0.05, 0) is 36.3 Å². The monoisotopic (exact) mass is 372 g/mol. The maximum atomic E-state index is 12.5. The van der Waals surface area contributed by atoms with Gasteiger partial charge in [0, 0.05) is 37.0 Å². The van der Waals surface area contributed by atoms with Crippen LogP contribution < -0.4 is 5.32 Å². The number of carbonyl (C=O) groups excluding carboxylic acids is 1. The second-order valence-electron chi connectivity index (χ2n) is 6.80. The minimum atomic E-state index is 0.143. The summed E-state index contributed by atoms with van der Waals surface area (Å²) in [4.78, 5) is 16.2. The van der Waals surface area contributed by atoms with E-state index in [-0.39, 0.29) is 11.9 Å². The van der Waals surface area contributed by atoms with Crippen LogP contribution >= 0.6 is 11.3 Å². The molecule has 1 fully saturated rings. The second-order valence-corrected chi connectivity index (χ2v) is 7.83. The van der Waals surface area contributed by atoms with Crippen LogP contribution in [0.2, 0.25) is 0 Å². The van der Waals surface area contributed by atoms with Crippen molar-refractivity contribution < 1.29 is 9.53 Å². The molecule has 26 heavy (non-hydrogen) atoms. The number of amides is 1. The van der Waals surface area contributed by atoms with E-state index in [0.717, 1.165) is 52.1 Å². The lowest BCUT2D eigenvalue weighted by molar-refractivity contribution is -0.122. The topological polar surface area (TPSA) is 41.6 Å². The Morgan fingerprint density at radius 2 is 1.96 bits per heavy atom. The van der Waals surface area contributed by atoms with Crippen LogP contribution in [0.25, 0.3) is 0 Å². The molecule has 4 nitrogen and oxygen atoms in total. The largest absolute Gasteiger partial charge is 0.379 e. The number of carbonyl (C=O) groups is 1. The van der Waals surface area contributed by atoms with Crippen molar-refractivity contribution in [3.63, 3.8) is 0 Å². The number of morpholine rings is 1. The number of benzene rings is 1.